The first-order valence-electron chi connectivity index (χ1n) is 6.29. The van der Waals surface area contributed by atoms with Crippen molar-refractivity contribution in [2.45, 2.75) is 26.2 Å². The van der Waals surface area contributed by atoms with Crippen molar-refractivity contribution in [2.75, 3.05) is 16.8 Å². The lowest BCUT2D eigenvalue weighted by molar-refractivity contribution is -0.117. The van der Waals surface area contributed by atoms with Crippen molar-refractivity contribution >= 4 is 39.3 Å². The Balaban J connectivity index is 1.90. The van der Waals surface area contributed by atoms with Gasteiger partial charge in [-0.05, 0) is 70.8 Å². The topological polar surface area (TPSA) is 29.1 Å². The Morgan fingerprint density at radius 2 is 2.17 bits per heavy atom. The first-order chi connectivity index (χ1) is 8.65. The van der Waals surface area contributed by atoms with Crippen LogP contribution in [0.25, 0.3) is 0 Å². The van der Waals surface area contributed by atoms with Crippen molar-refractivity contribution in [1.82, 2.24) is 0 Å². The van der Waals surface area contributed by atoms with Crippen molar-refractivity contribution in [3.8, 4) is 0 Å². The van der Waals surface area contributed by atoms with Gasteiger partial charge in [-0.3, -0.25) is 4.79 Å². The summed E-state index contributed by atoms with van der Waals surface area (Å²) in [5.74, 6) is 3.10. The molecule has 1 aliphatic rings. The van der Waals surface area contributed by atoms with E-state index < -0.39 is 0 Å². The van der Waals surface area contributed by atoms with E-state index in [0.29, 0.717) is 12.3 Å². The van der Waals surface area contributed by atoms with Crippen molar-refractivity contribution < 1.29 is 4.79 Å². The number of hydrogen-bond donors (Lipinski definition) is 1. The number of thioether (sulfide) groups is 1. The zero-order valence-electron chi connectivity index (χ0n) is 10.5. The molecule has 2 rings (SSSR count). The summed E-state index contributed by atoms with van der Waals surface area (Å²) in [4.78, 5) is 12.0. The Hall–Kier alpha value is -0.480. The molecule has 1 N–H and O–H groups in total. The normalized spacial score (nSPS) is 16.6. The molecule has 0 radical (unpaired) electrons. The molecule has 0 saturated carbocycles. The highest BCUT2D eigenvalue weighted by atomic mass is 79.9. The molecule has 1 aromatic carbocycles. The summed E-state index contributed by atoms with van der Waals surface area (Å²) in [6, 6.07) is 5.98. The standard InChI is InChI=1S/C14H18BrNOS/c1-10-2-3-13(12(15)8-10)16-14(17)9-11-4-6-18-7-5-11/h2-3,8,11H,4-7,9H2,1H3,(H,16,17). The lowest BCUT2D eigenvalue weighted by Gasteiger charge is -2.20. The molecular formula is C14H18BrNOS. The second-order valence-corrected chi connectivity index (χ2v) is 6.87. The average molecular weight is 328 g/mol. The third-order valence-electron chi connectivity index (χ3n) is 3.21. The molecule has 4 heteroatoms. The van der Waals surface area contributed by atoms with Gasteiger partial charge in [-0.25, -0.2) is 0 Å². The number of amides is 1. The van der Waals surface area contributed by atoms with E-state index in [9.17, 15) is 4.79 Å². The van der Waals surface area contributed by atoms with Gasteiger partial charge in [0.15, 0.2) is 0 Å². The van der Waals surface area contributed by atoms with E-state index >= 15 is 0 Å². The lowest BCUT2D eigenvalue weighted by atomic mass is 9.98. The fraction of sp³-hybridized carbons (Fsp3) is 0.500. The van der Waals surface area contributed by atoms with Crippen molar-refractivity contribution in [3.63, 3.8) is 0 Å². The Bertz CT molecular complexity index is 430. The molecule has 0 unspecified atom stereocenters. The molecule has 0 atom stereocenters. The number of benzene rings is 1. The molecule has 1 amide bonds. The maximum Gasteiger partial charge on any atom is 0.224 e. The zero-order valence-corrected chi connectivity index (χ0v) is 12.9. The van der Waals surface area contributed by atoms with Crippen LogP contribution in [-0.4, -0.2) is 17.4 Å². The summed E-state index contributed by atoms with van der Waals surface area (Å²) >= 11 is 5.48. The molecule has 1 saturated heterocycles. The largest absolute Gasteiger partial charge is 0.325 e. The smallest absolute Gasteiger partial charge is 0.224 e. The Morgan fingerprint density at radius 1 is 1.44 bits per heavy atom. The van der Waals surface area contributed by atoms with Gasteiger partial charge in [0.2, 0.25) is 5.91 Å². The molecule has 98 valence electrons. The molecular weight excluding hydrogens is 310 g/mol. The summed E-state index contributed by atoms with van der Waals surface area (Å²) in [6.45, 7) is 2.04. The van der Waals surface area contributed by atoms with E-state index in [-0.39, 0.29) is 5.91 Å². The quantitative estimate of drug-likeness (QED) is 0.900. The van der Waals surface area contributed by atoms with Crippen molar-refractivity contribution in [3.05, 3.63) is 28.2 Å². The minimum absolute atomic E-state index is 0.136. The zero-order chi connectivity index (χ0) is 13.0. The monoisotopic (exact) mass is 327 g/mol. The van der Waals surface area contributed by atoms with Gasteiger partial charge in [-0.1, -0.05) is 6.07 Å². The van der Waals surface area contributed by atoms with Gasteiger partial charge in [0.05, 0.1) is 5.69 Å². The van der Waals surface area contributed by atoms with Gasteiger partial charge in [0.25, 0.3) is 0 Å². The van der Waals surface area contributed by atoms with Gasteiger partial charge in [0, 0.05) is 10.9 Å². The molecule has 0 bridgehead atoms. The van der Waals surface area contributed by atoms with E-state index in [1.165, 1.54) is 29.9 Å². The molecule has 2 nitrogen and oxygen atoms in total. The third-order valence-corrected chi connectivity index (χ3v) is 4.92. The van der Waals surface area contributed by atoms with Crippen LogP contribution in [0.3, 0.4) is 0 Å². The highest BCUT2D eigenvalue weighted by molar-refractivity contribution is 9.10. The first-order valence-corrected chi connectivity index (χ1v) is 8.23. The molecule has 18 heavy (non-hydrogen) atoms. The summed E-state index contributed by atoms with van der Waals surface area (Å²) in [6.07, 6.45) is 3.00. The maximum atomic E-state index is 12.0. The van der Waals surface area contributed by atoms with Crippen LogP contribution in [-0.2, 0) is 4.79 Å². The van der Waals surface area contributed by atoms with Crippen molar-refractivity contribution in [2.24, 2.45) is 5.92 Å². The number of anilines is 1. The fourth-order valence-corrected chi connectivity index (χ4v) is 3.93. The molecule has 0 aliphatic carbocycles. The summed E-state index contributed by atoms with van der Waals surface area (Å²) in [5.41, 5.74) is 2.06. The highest BCUT2D eigenvalue weighted by Crippen LogP contribution is 2.27. The van der Waals surface area contributed by atoms with Crippen LogP contribution in [0, 0.1) is 12.8 Å². The SMILES string of the molecule is Cc1ccc(NC(=O)CC2CCSCC2)c(Br)c1. The molecule has 0 aromatic heterocycles. The third kappa shape index (κ3) is 4.02. The number of nitrogens with one attached hydrogen (secondary N) is 1. The van der Waals surface area contributed by atoms with Crippen LogP contribution in [0.5, 0.6) is 0 Å². The van der Waals surface area contributed by atoms with E-state index in [4.69, 9.17) is 0 Å². The van der Waals surface area contributed by atoms with Crippen LogP contribution in [0.2, 0.25) is 0 Å². The van der Waals surface area contributed by atoms with E-state index in [1.54, 1.807) is 0 Å². The average Bonchev–Trinajstić information content (AvgIpc) is 2.34. The van der Waals surface area contributed by atoms with Crippen LogP contribution in [0.15, 0.2) is 22.7 Å². The first kappa shape index (κ1) is 13.9. The number of aryl methyl sites for hydroxylation is 1. The maximum absolute atomic E-state index is 12.0. The Kier molecular flexibility index (Phi) is 5.13. The van der Waals surface area contributed by atoms with Crippen LogP contribution < -0.4 is 5.32 Å². The minimum Gasteiger partial charge on any atom is -0.325 e. The second-order valence-electron chi connectivity index (χ2n) is 4.79. The predicted molar refractivity (Wildman–Crippen MR) is 82.2 cm³/mol. The van der Waals surface area contributed by atoms with Gasteiger partial charge in [-0.2, -0.15) is 11.8 Å². The van der Waals surface area contributed by atoms with Crippen molar-refractivity contribution in [1.29, 1.82) is 0 Å². The minimum atomic E-state index is 0.136. The number of rotatable bonds is 3. The molecule has 1 heterocycles. The van der Waals surface area contributed by atoms with Crippen LogP contribution in [0.1, 0.15) is 24.8 Å². The Labute approximate surface area is 121 Å². The number of carbonyl (C=O) groups is 1. The number of hydrogen-bond acceptors (Lipinski definition) is 2. The molecule has 0 spiro atoms. The van der Waals surface area contributed by atoms with E-state index in [2.05, 4.69) is 21.2 Å². The van der Waals surface area contributed by atoms with Gasteiger partial charge < -0.3 is 5.32 Å². The fourth-order valence-electron chi connectivity index (χ4n) is 2.14. The van der Waals surface area contributed by atoms with Gasteiger partial charge in [-0.15, -0.1) is 0 Å². The van der Waals surface area contributed by atoms with E-state index in [0.717, 1.165) is 10.2 Å². The second kappa shape index (κ2) is 6.62. The summed E-state index contributed by atoms with van der Waals surface area (Å²) < 4.78 is 0.954. The number of halogens is 1. The molecule has 1 aliphatic heterocycles. The predicted octanol–water partition coefficient (Wildman–Crippen LogP) is 4.23. The van der Waals surface area contributed by atoms with Crippen LogP contribution >= 0.6 is 27.7 Å². The summed E-state index contributed by atoms with van der Waals surface area (Å²) in [7, 11) is 0. The Morgan fingerprint density at radius 3 is 2.83 bits per heavy atom. The van der Waals surface area contributed by atoms with Gasteiger partial charge in [0.1, 0.15) is 0 Å². The van der Waals surface area contributed by atoms with E-state index in [1.807, 2.05) is 36.9 Å². The van der Waals surface area contributed by atoms with Crippen LogP contribution in [0.4, 0.5) is 5.69 Å². The highest BCUT2D eigenvalue weighted by Gasteiger charge is 2.17. The van der Waals surface area contributed by atoms with Gasteiger partial charge >= 0.3 is 0 Å². The summed E-state index contributed by atoms with van der Waals surface area (Å²) in [5, 5.41) is 2.99. The lowest BCUT2D eigenvalue weighted by Crippen LogP contribution is -2.19. The molecule has 1 aromatic rings. The molecule has 1 fully saturated rings. The number of carbonyl (C=O) groups excluding carboxylic acids is 1.